The summed E-state index contributed by atoms with van der Waals surface area (Å²) >= 11 is 0. The Labute approximate surface area is 235 Å². The fourth-order valence-corrected chi connectivity index (χ4v) is 4.02. The van der Waals surface area contributed by atoms with Gasteiger partial charge in [-0.05, 0) is 47.0 Å². The molecule has 1 heterocycles. The molecule has 11 heteroatoms. The Hall–Kier alpha value is -5.71. The van der Waals surface area contributed by atoms with Crippen molar-refractivity contribution in [1.29, 1.82) is 0 Å². The van der Waals surface area contributed by atoms with E-state index in [0.717, 1.165) is 29.3 Å². The Morgan fingerprint density at radius 1 is 0.857 bits per heavy atom. The molecule has 0 atom stereocenters. The highest BCUT2D eigenvalue weighted by Gasteiger charge is 2.40. The fourth-order valence-electron chi connectivity index (χ4n) is 4.02. The van der Waals surface area contributed by atoms with Crippen LogP contribution in [-0.2, 0) is 11.0 Å². The van der Waals surface area contributed by atoms with Crippen LogP contribution >= 0.6 is 0 Å². The van der Waals surface area contributed by atoms with Crippen LogP contribution in [0.5, 0.6) is 17.2 Å². The van der Waals surface area contributed by atoms with Crippen LogP contribution in [-0.4, -0.2) is 10.9 Å². The van der Waals surface area contributed by atoms with Gasteiger partial charge in [0.25, 0.3) is 11.4 Å². The van der Waals surface area contributed by atoms with E-state index < -0.39 is 39.6 Å². The minimum atomic E-state index is -5.08. The van der Waals surface area contributed by atoms with Crippen molar-refractivity contribution in [3.63, 3.8) is 0 Å². The first-order chi connectivity index (χ1) is 20.1. The van der Waals surface area contributed by atoms with E-state index in [2.05, 4.69) is 0 Å². The van der Waals surface area contributed by atoms with Gasteiger partial charge in [-0.1, -0.05) is 54.6 Å². The van der Waals surface area contributed by atoms with Gasteiger partial charge in [-0.2, -0.15) is 13.2 Å². The van der Waals surface area contributed by atoms with E-state index in [4.69, 9.17) is 13.9 Å². The van der Waals surface area contributed by atoms with Crippen molar-refractivity contribution in [1.82, 2.24) is 0 Å². The van der Waals surface area contributed by atoms with Crippen molar-refractivity contribution < 1.29 is 36.8 Å². The molecule has 0 aliphatic carbocycles. The second-order valence-corrected chi connectivity index (χ2v) is 8.84. The summed E-state index contributed by atoms with van der Waals surface area (Å²) in [6, 6.07) is 24.3. The average molecular weight is 573 g/mol. The van der Waals surface area contributed by atoms with Crippen LogP contribution < -0.4 is 14.9 Å². The zero-order valence-corrected chi connectivity index (χ0v) is 21.3. The zero-order valence-electron chi connectivity index (χ0n) is 21.3. The van der Waals surface area contributed by atoms with Gasteiger partial charge in [-0.25, -0.2) is 4.79 Å². The van der Waals surface area contributed by atoms with Gasteiger partial charge in [-0.3, -0.25) is 14.9 Å². The number of fused-ring (bicyclic) bond motifs is 1. The Bertz CT molecular complexity index is 1880. The average Bonchev–Trinajstić information content (AvgIpc) is 2.98. The predicted octanol–water partition coefficient (Wildman–Crippen LogP) is 7.80. The Morgan fingerprint density at radius 2 is 1.55 bits per heavy atom. The first-order valence-corrected chi connectivity index (χ1v) is 12.2. The molecule has 0 spiro atoms. The molecule has 0 unspecified atom stereocenters. The molecule has 5 rings (SSSR count). The van der Waals surface area contributed by atoms with Gasteiger partial charge in [0.05, 0.1) is 10.3 Å². The normalized spacial score (nSPS) is 11.5. The summed E-state index contributed by atoms with van der Waals surface area (Å²) in [5.74, 6) is -3.81. The minimum Gasteiger partial charge on any atom is -0.449 e. The second kappa shape index (κ2) is 11.4. The van der Waals surface area contributed by atoms with Crippen molar-refractivity contribution in [2.75, 3.05) is 0 Å². The lowest BCUT2D eigenvalue weighted by molar-refractivity contribution is -0.384. The largest absolute Gasteiger partial charge is 0.453 e. The Balaban J connectivity index is 1.41. The van der Waals surface area contributed by atoms with E-state index in [1.807, 2.05) is 30.3 Å². The van der Waals surface area contributed by atoms with Crippen LogP contribution in [0.4, 0.5) is 18.9 Å². The SMILES string of the molecule is O=C(/C=C/c1cccc([N+](=O)[O-])c1)Oc1ccc2c(=O)c(Oc3ccc(-c4ccccc4)cc3)c(C(F)(F)F)oc2c1. The second-order valence-electron chi connectivity index (χ2n) is 8.84. The molecule has 0 saturated heterocycles. The van der Waals surface area contributed by atoms with Crippen LogP contribution in [0.1, 0.15) is 11.3 Å². The highest BCUT2D eigenvalue weighted by molar-refractivity contribution is 5.89. The zero-order chi connectivity index (χ0) is 29.9. The number of non-ortho nitro benzene ring substituents is 1. The van der Waals surface area contributed by atoms with E-state index in [0.29, 0.717) is 5.56 Å². The van der Waals surface area contributed by atoms with Crippen molar-refractivity contribution in [3.05, 3.63) is 135 Å². The van der Waals surface area contributed by atoms with Crippen LogP contribution in [0, 0.1) is 10.1 Å². The molecule has 42 heavy (non-hydrogen) atoms. The van der Waals surface area contributed by atoms with E-state index in [-0.39, 0.29) is 22.6 Å². The number of esters is 1. The van der Waals surface area contributed by atoms with Gasteiger partial charge in [0.1, 0.15) is 17.1 Å². The van der Waals surface area contributed by atoms with Crippen LogP contribution in [0.25, 0.3) is 28.2 Å². The lowest BCUT2D eigenvalue weighted by Crippen LogP contribution is -2.15. The highest BCUT2D eigenvalue weighted by atomic mass is 19.4. The quantitative estimate of drug-likeness (QED) is 0.0643. The summed E-state index contributed by atoms with van der Waals surface area (Å²) in [5.41, 5.74) is 0.310. The van der Waals surface area contributed by atoms with Gasteiger partial charge >= 0.3 is 12.1 Å². The molecule has 0 N–H and O–H groups in total. The summed E-state index contributed by atoms with van der Waals surface area (Å²) < 4.78 is 57.4. The molecule has 5 aromatic rings. The van der Waals surface area contributed by atoms with Crippen molar-refractivity contribution in [2.24, 2.45) is 0 Å². The number of benzene rings is 4. The van der Waals surface area contributed by atoms with Crippen molar-refractivity contribution in [3.8, 4) is 28.4 Å². The summed E-state index contributed by atoms with van der Waals surface area (Å²) in [5, 5.41) is 10.7. The molecular weight excluding hydrogens is 555 g/mol. The summed E-state index contributed by atoms with van der Waals surface area (Å²) in [7, 11) is 0. The monoisotopic (exact) mass is 573 g/mol. The molecule has 0 radical (unpaired) electrons. The number of ether oxygens (including phenoxy) is 2. The molecule has 1 aromatic heterocycles. The number of nitrogens with zero attached hydrogens (tertiary/aromatic N) is 1. The maximum absolute atomic E-state index is 13.9. The molecule has 0 bridgehead atoms. The molecule has 210 valence electrons. The lowest BCUT2D eigenvalue weighted by atomic mass is 10.1. The van der Waals surface area contributed by atoms with Gasteiger partial charge < -0.3 is 13.9 Å². The van der Waals surface area contributed by atoms with Crippen LogP contribution in [0.15, 0.2) is 112 Å². The number of carbonyl (C=O) groups excluding carboxylic acids is 1. The number of alkyl halides is 3. The molecule has 0 fully saturated rings. The standard InChI is InChI=1S/C31H18F3NO7/c32-31(33,34)30-29(41-23-12-10-21(11-13-23)20-6-2-1-3-7-20)28(37)25-15-14-24(18-26(25)42-30)40-27(36)16-9-19-5-4-8-22(17-19)35(38)39/h1-18H/b16-9+. The lowest BCUT2D eigenvalue weighted by Gasteiger charge is -2.14. The highest BCUT2D eigenvalue weighted by Crippen LogP contribution is 2.39. The third-order valence-corrected chi connectivity index (χ3v) is 5.97. The molecule has 0 saturated carbocycles. The van der Waals surface area contributed by atoms with Gasteiger partial charge in [0.2, 0.25) is 11.2 Å². The van der Waals surface area contributed by atoms with E-state index in [1.165, 1.54) is 48.5 Å². The molecule has 0 aliphatic rings. The van der Waals surface area contributed by atoms with Crippen molar-refractivity contribution in [2.45, 2.75) is 6.18 Å². The van der Waals surface area contributed by atoms with E-state index in [1.54, 1.807) is 12.1 Å². The number of nitro groups is 1. The smallest absolute Gasteiger partial charge is 0.449 e. The number of nitro benzene ring substituents is 1. The minimum absolute atomic E-state index is 0.00656. The fraction of sp³-hybridized carbons (Fsp3) is 0.0323. The molecular formula is C31H18F3NO7. The molecule has 0 aliphatic heterocycles. The van der Waals surface area contributed by atoms with Crippen LogP contribution in [0.2, 0.25) is 0 Å². The van der Waals surface area contributed by atoms with Gasteiger partial charge in [-0.15, -0.1) is 0 Å². The predicted molar refractivity (Wildman–Crippen MR) is 147 cm³/mol. The number of hydrogen-bond donors (Lipinski definition) is 0. The molecule has 4 aromatic carbocycles. The van der Waals surface area contributed by atoms with Crippen molar-refractivity contribution >= 4 is 28.7 Å². The maximum Gasteiger partial charge on any atom is 0.453 e. The maximum atomic E-state index is 13.9. The number of halogens is 3. The summed E-state index contributed by atoms with van der Waals surface area (Å²) in [4.78, 5) is 35.7. The Morgan fingerprint density at radius 3 is 2.24 bits per heavy atom. The Kier molecular flexibility index (Phi) is 7.57. The van der Waals surface area contributed by atoms with Crippen LogP contribution in [0.3, 0.4) is 0 Å². The van der Waals surface area contributed by atoms with E-state index in [9.17, 15) is 32.9 Å². The molecule has 8 nitrogen and oxygen atoms in total. The molecule has 0 amide bonds. The third kappa shape index (κ3) is 6.20. The topological polar surface area (TPSA) is 109 Å². The first-order valence-electron chi connectivity index (χ1n) is 12.2. The summed E-state index contributed by atoms with van der Waals surface area (Å²) in [6.45, 7) is 0. The van der Waals surface area contributed by atoms with Gasteiger partial charge in [0, 0.05) is 24.3 Å². The number of carbonyl (C=O) groups is 1. The third-order valence-electron chi connectivity index (χ3n) is 5.97. The first kappa shape index (κ1) is 27.8. The summed E-state index contributed by atoms with van der Waals surface area (Å²) in [6.07, 6.45) is -2.82. The number of rotatable bonds is 7. The van der Waals surface area contributed by atoms with Gasteiger partial charge in [0.15, 0.2) is 0 Å². The van der Waals surface area contributed by atoms with E-state index >= 15 is 0 Å². The number of hydrogen-bond acceptors (Lipinski definition) is 7.